The van der Waals surface area contributed by atoms with Crippen molar-refractivity contribution in [1.82, 2.24) is 19.5 Å². The number of nitrogens with one attached hydrogen (secondary N) is 1. The highest BCUT2D eigenvalue weighted by molar-refractivity contribution is 6.33. The zero-order valence-corrected chi connectivity index (χ0v) is 20.0. The number of anilines is 1. The molecule has 0 bridgehead atoms. The second kappa shape index (κ2) is 9.52. The zero-order chi connectivity index (χ0) is 23.7. The number of benzene rings is 1. The number of halogens is 1. The van der Waals surface area contributed by atoms with Crippen LogP contribution in [0.25, 0.3) is 33.4 Å². The fourth-order valence-electron chi connectivity index (χ4n) is 4.42. The van der Waals surface area contributed by atoms with Crippen LogP contribution in [0.4, 0.5) is 5.95 Å². The van der Waals surface area contributed by atoms with Gasteiger partial charge in [-0.05, 0) is 50.5 Å². The number of ether oxygens (including phenoxy) is 1. The van der Waals surface area contributed by atoms with Crippen LogP contribution in [0.15, 0.2) is 53.6 Å². The van der Waals surface area contributed by atoms with Gasteiger partial charge < -0.3 is 10.1 Å². The van der Waals surface area contributed by atoms with E-state index in [1.54, 1.807) is 17.0 Å². The third kappa shape index (κ3) is 4.29. The molecule has 4 aromatic rings. The molecule has 0 spiro atoms. The van der Waals surface area contributed by atoms with Gasteiger partial charge in [0.2, 0.25) is 5.95 Å². The lowest BCUT2D eigenvalue weighted by atomic mass is 10.0. The average Bonchev–Trinajstić information content (AvgIpc) is 2.85. The quantitative estimate of drug-likeness (QED) is 0.432. The van der Waals surface area contributed by atoms with Gasteiger partial charge in [-0.15, -0.1) is 0 Å². The third-order valence-corrected chi connectivity index (χ3v) is 6.49. The Morgan fingerprint density at radius 2 is 2.09 bits per heavy atom. The van der Waals surface area contributed by atoms with Gasteiger partial charge in [0, 0.05) is 52.6 Å². The van der Waals surface area contributed by atoms with Crippen LogP contribution in [0.2, 0.25) is 5.02 Å². The summed E-state index contributed by atoms with van der Waals surface area (Å²) in [4.78, 5) is 27.1. The lowest BCUT2D eigenvalue weighted by Gasteiger charge is -2.23. The predicted molar refractivity (Wildman–Crippen MR) is 135 cm³/mol. The molecule has 4 heterocycles. The highest BCUT2D eigenvalue weighted by atomic mass is 35.5. The van der Waals surface area contributed by atoms with Crippen LogP contribution >= 0.6 is 11.6 Å². The standard InChI is InChI=1S/C26H26ClN5O2/c1-3-32-24-18(14-29-26(31-24)30-19-7-5-11-34-15-19)12-21(25(32)33)20-9-8-17(13-22(20)27)23-16(2)6-4-10-28-23/h4,6,8-10,12-14,19H,3,5,7,11,15H2,1-2H3,(H,29,30,31). The van der Waals surface area contributed by atoms with Crippen LogP contribution in [0.5, 0.6) is 0 Å². The number of rotatable bonds is 5. The van der Waals surface area contributed by atoms with Crippen molar-refractivity contribution in [3.63, 3.8) is 0 Å². The van der Waals surface area contributed by atoms with Crippen molar-refractivity contribution in [2.24, 2.45) is 0 Å². The second-order valence-corrected chi connectivity index (χ2v) is 8.91. The van der Waals surface area contributed by atoms with Gasteiger partial charge >= 0.3 is 0 Å². The Labute approximate surface area is 202 Å². The lowest BCUT2D eigenvalue weighted by Crippen LogP contribution is -2.31. The maximum atomic E-state index is 13.5. The Kier molecular flexibility index (Phi) is 6.30. The molecule has 0 amide bonds. The Hall–Kier alpha value is -3.29. The summed E-state index contributed by atoms with van der Waals surface area (Å²) in [5.41, 5.74) is 4.51. The monoisotopic (exact) mass is 475 g/mol. The number of hydrogen-bond donors (Lipinski definition) is 1. The molecule has 1 fully saturated rings. The molecule has 34 heavy (non-hydrogen) atoms. The Morgan fingerprint density at radius 3 is 2.82 bits per heavy atom. The van der Waals surface area contributed by atoms with Crippen LogP contribution in [0, 0.1) is 6.92 Å². The molecular formula is C26H26ClN5O2. The minimum Gasteiger partial charge on any atom is -0.379 e. The second-order valence-electron chi connectivity index (χ2n) is 8.50. The van der Waals surface area contributed by atoms with Crippen LogP contribution in [0.3, 0.4) is 0 Å². The molecule has 1 atom stereocenters. The molecule has 5 rings (SSSR count). The topological polar surface area (TPSA) is 81.9 Å². The molecule has 1 aliphatic heterocycles. The summed E-state index contributed by atoms with van der Waals surface area (Å²) in [6, 6.07) is 11.6. The van der Waals surface area contributed by atoms with E-state index in [1.807, 2.05) is 50.2 Å². The van der Waals surface area contributed by atoms with Crippen molar-refractivity contribution in [2.75, 3.05) is 18.5 Å². The maximum Gasteiger partial charge on any atom is 0.260 e. The minimum atomic E-state index is -0.135. The smallest absolute Gasteiger partial charge is 0.260 e. The molecule has 1 N–H and O–H groups in total. The summed E-state index contributed by atoms with van der Waals surface area (Å²) in [5.74, 6) is 0.505. The van der Waals surface area contributed by atoms with Crippen molar-refractivity contribution in [3.8, 4) is 22.4 Å². The Bertz CT molecular complexity index is 1410. The highest BCUT2D eigenvalue weighted by Gasteiger charge is 2.18. The van der Waals surface area contributed by atoms with Gasteiger partial charge in [0.15, 0.2) is 0 Å². The number of hydrogen-bond acceptors (Lipinski definition) is 6. The van der Waals surface area contributed by atoms with Gasteiger partial charge in [-0.1, -0.05) is 29.8 Å². The largest absolute Gasteiger partial charge is 0.379 e. The molecule has 8 heteroatoms. The molecule has 7 nitrogen and oxygen atoms in total. The van der Waals surface area contributed by atoms with E-state index < -0.39 is 0 Å². The fraction of sp³-hybridized carbons (Fsp3) is 0.308. The van der Waals surface area contributed by atoms with Crippen molar-refractivity contribution in [1.29, 1.82) is 0 Å². The molecule has 0 saturated carbocycles. The van der Waals surface area contributed by atoms with E-state index in [1.165, 1.54) is 0 Å². The van der Waals surface area contributed by atoms with E-state index in [2.05, 4.69) is 20.3 Å². The van der Waals surface area contributed by atoms with E-state index in [0.29, 0.717) is 40.9 Å². The third-order valence-electron chi connectivity index (χ3n) is 6.18. The average molecular weight is 476 g/mol. The Balaban J connectivity index is 1.55. The van der Waals surface area contributed by atoms with Crippen molar-refractivity contribution >= 4 is 28.6 Å². The van der Waals surface area contributed by atoms with E-state index in [-0.39, 0.29) is 11.6 Å². The maximum absolute atomic E-state index is 13.5. The molecule has 1 aliphatic rings. The molecule has 0 radical (unpaired) electrons. The lowest BCUT2D eigenvalue weighted by molar-refractivity contribution is 0.0874. The molecule has 174 valence electrons. The normalized spacial score (nSPS) is 16.0. The fourth-order valence-corrected chi connectivity index (χ4v) is 4.70. The molecule has 0 aliphatic carbocycles. The van der Waals surface area contributed by atoms with Gasteiger partial charge in [-0.25, -0.2) is 4.98 Å². The first-order valence-electron chi connectivity index (χ1n) is 11.5. The minimum absolute atomic E-state index is 0.135. The first-order chi connectivity index (χ1) is 16.5. The number of fused-ring (bicyclic) bond motifs is 1. The highest BCUT2D eigenvalue weighted by Crippen LogP contribution is 2.32. The van der Waals surface area contributed by atoms with Crippen LogP contribution in [-0.4, -0.2) is 38.8 Å². The van der Waals surface area contributed by atoms with Crippen molar-refractivity contribution in [2.45, 2.75) is 39.3 Å². The summed E-state index contributed by atoms with van der Waals surface area (Å²) in [6.07, 6.45) is 5.53. The summed E-state index contributed by atoms with van der Waals surface area (Å²) >= 11 is 6.69. The number of pyridine rings is 2. The molecule has 1 saturated heterocycles. The first kappa shape index (κ1) is 22.5. The van der Waals surface area contributed by atoms with Gasteiger partial charge in [0.05, 0.1) is 18.3 Å². The molecule has 3 aromatic heterocycles. The summed E-state index contributed by atoms with van der Waals surface area (Å²) < 4.78 is 7.20. The van der Waals surface area contributed by atoms with Gasteiger partial charge in [0.25, 0.3) is 5.56 Å². The van der Waals surface area contributed by atoms with Gasteiger partial charge in [-0.3, -0.25) is 14.3 Å². The summed E-state index contributed by atoms with van der Waals surface area (Å²) in [6.45, 7) is 5.85. The number of nitrogens with zero attached hydrogens (tertiary/aromatic N) is 4. The van der Waals surface area contributed by atoms with Crippen LogP contribution < -0.4 is 10.9 Å². The summed E-state index contributed by atoms with van der Waals surface area (Å²) in [7, 11) is 0. The molecule has 1 unspecified atom stereocenters. The molecule has 1 aromatic carbocycles. The Morgan fingerprint density at radius 1 is 1.21 bits per heavy atom. The van der Waals surface area contributed by atoms with Crippen molar-refractivity contribution in [3.05, 3.63) is 69.7 Å². The van der Waals surface area contributed by atoms with Crippen LogP contribution in [0.1, 0.15) is 25.3 Å². The van der Waals surface area contributed by atoms with E-state index in [9.17, 15) is 4.79 Å². The molecular weight excluding hydrogens is 450 g/mol. The van der Waals surface area contributed by atoms with Gasteiger partial charge in [0.1, 0.15) is 5.65 Å². The zero-order valence-electron chi connectivity index (χ0n) is 19.2. The predicted octanol–water partition coefficient (Wildman–Crippen LogP) is 5.09. The number of aromatic nitrogens is 4. The van der Waals surface area contributed by atoms with E-state index >= 15 is 0 Å². The number of aryl methyl sites for hydroxylation is 2. The first-order valence-corrected chi connectivity index (χ1v) is 11.9. The summed E-state index contributed by atoms with van der Waals surface area (Å²) in [5, 5.41) is 4.61. The van der Waals surface area contributed by atoms with E-state index in [4.69, 9.17) is 16.3 Å². The SMILES string of the molecule is CCn1c(=O)c(-c2ccc(-c3ncccc3C)cc2Cl)cc2cnc(NC3CCCOC3)nc21. The van der Waals surface area contributed by atoms with Crippen LogP contribution in [-0.2, 0) is 11.3 Å². The van der Waals surface area contributed by atoms with Gasteiger partial charge in [-0.2, -0.15) is 4.98 Å². The van der Waals surface area contributed by atoms with E-state index in [0.717, 1.165) is 41.7 Å². The van der Waals surface area contributed by atoms with Crippen molar-refractivity contribution < 1.29 is 4.74 Å².